The van der Waals surface area contributed by atoms with Crippen LogP contribution < -0.4 is 0 Å². The third-order valence-electron chi connectivity index (χ3n) is 7.91. The van der Waals surface area contributed by atoms with Crippen LogP contribution in [0.15, 0.2) is 0 Å². The summed E-state index contributed by atoms with van der Waals surface area (Å²) in [6.45, 7) is 14.7. The lowest BCUT2D eigenvalue weighted by atomic mass is 9.61. The second kappa shape index (κ2) is 7.52. The topological polar surface area (TPSA) is 71.1 Å². The number of carbonyl (C=O) groups excluding carboxylic acids is 2. The van der Waals surface area contributed by atoms with Gasteiger partial charge in [-0.3, -0.25) is 9.59 Å². The van der Waals surface area contributed by atoms with Crippen LogP contribution in [0.1, 0.15) is 80.6 Å². The number of ether oxygens (including phenoxy) is 4. The van der Waals surface area contributed by atoms with E-state index in [-0.39, 0.29) is 37.1 Å². The van der Waals surface area contributed by atoms with Gasteiger partial charge in [-0.25, -0.2) is 0 Å². The van der Waals surface area contributed by atoms with Crippen molar-refractivity contribution in [2.75, 3.05) is 13.2 Å². The molecule has 1 spiro atoms. The molecule has 0 aromatic heterocycles. The predicted molar refractivity (Wildman–Crippen MR) is 108 cm³/mol. The number of hydrogen-bond donors (Lipinski definition) is 0. The zero-order chi connectivity index (χ0) is 21.7. The maximum atomic E-state index is 13.0. The normalized spacial score (nSPS) is 40.3. The molecular weight excluding hydrogens is 372 g/mol. The van der Waals surface area contributed by atoms with Crippen LogP contribution in [0.25, 0.3) is 0 Å². The van der Waals surface area contributed by atoms with Crippen molar-refractivity contribution in [3.8, 4) is 0 Å². The van der Waals surface area contributed by atoms with Gasteiger partial charge in [0.25, 0.3) is 0 Å². The van der Waals surface area contributed by atoms with Gasteiger partial charge in [0.05, 0.1) is 24.9 Å². The number of esters is 2. The standard InChI is InChI=1S/C23H38O6/c1-8-26-18(24)22(19(25)27-9-2)13-16(4)23(14-22)28-17-12-15(3)10-11-21(17,7)20(5,6)29-23/h15-17H,8-14H2,1-7H3/t15-,16+,17+,21-,23+/m1/s1. The smallest absolute Gasteiger partial charge is 0.323 e. The summed E-state index contributed by atoms with van der Waals surface area (Å²) in [5.74, 6) is -1.62. The van der Waals surface area contributed by atoms with Gasteiger partial charge in [0.15, 0.2) is 11.2 Å². The van der Waals surface area contributed by atoms with Crippen LogP contribution in [0, 0.1) is 22.7 Å². The first-order chi connectivity index (χ1) is 13.5. The fraction of sp³-hybridized carbons (Fsp3) is 0.913. The third-order valence-corrected chi connectivity index (χ3v) is 7.91. The van der Waals surface area contributed by atoms with E-state index in [1.807, 2.05) is 6.92 Å². The molecule has 1 saturated heterocycles. The quantitative estimate of drug-likeness (QED) is 0.510. The van der Waals surface area contributed by atoms with E-state index in [4.69, 9.17) is 18.9 Å². The second-order valence-corrected chi connectivity index (χ2v) is 10.1. The van der Waals surface area contributed by atoms with E-state index >= 15 is 0 Å². The fourth-order valence-corrected chi connectivity index (χ4v) is 5.70. The summed E-state index contributed by atoms with van der Waals surface area (Å²) < 4.78 is 24.1. The van der Waals surface area contributed by atoms with Gasteiger partial charge in [-0.15, -0.1) is 0 Å². The Balaban J connectivity index is 1.99. The van der Waals surface area contributed by atoms with Crippen LogP contribution in [-0.2, 0) is 28.5 Å². The molecule has 29 heavy (non-hydrogen) atoms. The lowest BCUT2D eigenvalue weighted by Crippen LogP contribution is -2.66. The van der Waals surface area contributed by atoms with E-state index in [2.05, 4.69) is 27.7 Å². The van der Waals surface area contributed by atoms with Crippen molar-refractivity contribution in [3.63, 3.8) is 0 Å². The van der Waals surface area contributed by atoms with Crippen LogP contribution >= 0.6 is 0 Å². The molecule has 0 radical (unpaired) electrons. The van der Waals surface area contributed by atoms with Crippen molar-refractivity contribution in [1.29, 1.82) is 0 Å². The molecule has 0 N–H and O–H groups in total. The first-order valence-electron chi connectivity index (χ1n) is 11.2. The summed E-state index contributed by atoms with van der Waals surface area (Å²) in [7, 11) is 0. The van der Waals surface area contributed by atoms with Crippen LogP contribution in [0.3, 0.4) is 0 Å². The van der Waals surface area contributed by atoms with E-state index in [0.717, 1.165) is 19.3 Å². The van der Waals surface area contributed by atoms with Crippen molar-refractivity contribution in [2.45, 2.75) is 98.1 Å². The summed E-state index contributed by atoms with van der Waals surface area (Å²) in [6, 6.07) is 0. The van der Waals surface area contributed by atoms with Crippen molar-refractivity contribution in [3.05, 3.63) is 0 Å². The average Bonchev–Trinajstić information content (AvgIpc) is 2.90. The van der Waals surface area contributed by atoms with Crippen LogP contribution in [0.2, 0.25) is 0 Å². The number of hydrogen-bond acceptors (Lipinski definition) is 6. The van der Waals surface area contributed by atoms with Gasteiger partial charge in [0, 0.05) is 17.8 Å². The summed E-state index contributed by atoms with van der Waals surface area (Å²) in [5, 5.41) is 0. The van der Waals surface area contributed by atoms with Crippen LogP contribution in [0.5, 0.6) is 0 Å². The number of fused-ring (bicyclic) bond motifs is 1. The van der Waals surface area contributed by atoms with E-state index < -0.39 is 28.7 Å². The van der Waals surface area contributed by atoms with E-state index in [1.54, 1.807) is 13.8 Å². The molecule has 166 valence electrons. The minimum atomic E-state index is -1.38. The molecule has 2 saturated carbocycles. The highest BCUT2D eigenvalue weighted by Crippen LogP contribution is 2.62. The summed E-state index contributed by atoms with van der Waals surface area (Å²) in [6.07, 6.45) is 3.63. The molecule has 3 aliphatic rings. The lowest BCUT2D eigenvalue weighted by molar-refractivity contribution is -0.405. The Morgan fingerprint density at radius 3 is 2.17 bits per heavy atom. The maximum absolute atomic E-state index is 13.0. The third kappa shape index (κ3) is 3.40. The minimum absolute atomic E-state index is 0.0256. The molecule has 6 nitrogen and oxygen atoms in total. The van der Waals surface area contributed by atoms with Gasteiger partial charge in [0.1, 0.15) is 0 Å². The Labute approximate surface area is 175 Å². The number of carbonyl (C=O) groups is 2. The van der Waals surface area contributed by atoms with Gasteiger partial charge in [-0.2, -0.15) is 0 Å². The largest absolute Gasteiger partial charge is 0.465 e. The minimum Gasteiger partial charge on any atom is -0.465 e. The molecule has 0 aromatic carbocycles. The maximum Gasteiger partial charge on any atom is 0.323 e. The van der Waals surface area contributed by atoms with E-state index in [9.17, 15) is 9.59 Å². The molecule has 5 atom stereocenters. The van der Waals surface area contributed by atoms with Crippen molar-refractivity contribution in [1.82, 2.24) is 0 Å². The average molecular weight is 411 g/mol. The summed E-state index contributed by atoms with van der Waals surface area (Å²) in [5.41, 5.74) is -1.93. The van der Waals surface area contributed by atoms with Crippen LogP contribution in [0.4, 0.5) is 0 Å². The SMILES string of the molecule is CCOC(=O)C1(C(=O)OCC)C[C@H](C)[C@@]2(C1)O[C@H]1C[C@H](C)CC[C@@]1(C)C(C)(C)O2. The van der Waals surface area contributed by atoms with Gasteiger partial charge in [-0.05, 0) is 59.3 Å². The monoisotopic (exact) mass is 410 g/mol. The Morgan fingerprint density at radius 1 is 1.03 bits per heavy atom. The molecule has 6 heteroatoms. The molecule has 0 unspecified atom stereocenters. The molecule has 0 aromatic rings. The van der Waals surface area contributed by atoms with Gasteiger partial charge in [0.2, 0.25) is 0 Å². The van der Waals surface area contributed by atoms with Crippen molar-refractivity contribution >= 4 is 11.9 Å². The summed E-state index contributed by atoms with van der Waals surface area (Å²) in [4.78, 5) is 26.0. The Kier molecular flexibility index (Phi) is 5.85. The highest BCUT2D eigenvalue weighted by molar-refractivity contribution is 6.00. The fourth-order valence-electron chi connectivity index (χ4n) is 5.70. The highest BCUT2D eigenvalue weighted by Gasteiger charge is 2.69. The van der Waals surface area contributed by atoms with Gasteiger partial charge >= 0.3 is 11.9 Å². The van der Waals surface area contributed by atoms with Crippen LogP contribution in [-0.4, -0.2) is 42.6 Å². The zero-order valence-electron chi connectivity index (χ0n) is 19.1. The molecule has 3 fully saturated rings. The lowest BCUT2D eigenvalue weighted by Gasteiger charge is -2.61. The van der Waals surface area contributed by atoms with Crippen molar-refractivity contribution in [2.24, 2.45) is 22.7 Å². The highest BCUT2D eigenvalue weighted by atomic mass is 16.7. The summed E-state index contributed by atoms with van der Waals surface area (Å²) >= 11 is 0. The first-order valence-corrected chi connectivity index (χ1v) is 11.2. The van der Waals surface area contributed by atoms with Gasteiger partial charge < -0.3 is 18.9 Å². The Hall–Kier alpha value is -1.14. The molecule has 0 amide bonds. The molecule has 1 aliphatic heterocycles. The second-order valence-electron chi connectivity index (χ2n) is 10.1. The molecular formula is C23H38O6. The van der Waals surface area contributed by atoms with Gasteiger partial charge in [-0.1, -0.05) is 20.8 Å². The van der Waals surface area contributed by atoms with E-state index in [0.29, 0.717) is 12.3 Å². The van der Waals surface area contributed by atoms with Crippen molar-refractivity contribution < 1.29 is 28.5 Å². The molecule has 1 heterocycles. The first kappa shape index (κ1) is 22.5. The Morgan fingerprint density at radius 2 is 1.62 bits per heavy atom. The predicted octanol–water partition coefficient (Wildman–Crippen LogP) is 4.25. The number of rotatable bonds is 4. The Bertz CT molecular complexity index is 640. The zero-order valence-corrected chi connectivity index (χ0v) is 19.1. The molecule has 3 rings (SSSR count). The molecule has 0 bridgehead atoms. The molecule has 2 aliphatic carbocycles. The van der Waals surface area contributed by atoms with E-state index in [1.165, 1.54) is 0 Å².